The van der Waals surface area contributed by atoms with Crippen LogP contribution in [0.15, 0.2) is 73.1 Å². The lowest BCUT2D eigenvalue weighted by Gasteiger charge is -2.13. The average molecular weight is 399 g/mol. The lowest BCUT2D eigenvalue weighted by Crippen LogP contribution is -2.13. The molecule has 0 fully saturated rings. The number of rotatable bonds is 6. The van der Waals surface area contributed by atoms with Crippen molar-refractivity contribution in [2.75, 3.05) is 12.4 Å². The normalized spacial score (nSPS) is 10.6. The van der Waals surface area contributed by atoms with Crippen molar-refractivity contribution in [3.05, 3.63) is 95.3 Å². The van der Waals surface area contributed by atoms with Crippen LogP contribution in [0.4, 0.5) is 5.69 Å². The second-order valence-electron chi connectivity index (χ2n) is 6.90. The summed E-state index contributed by atoms with van der Waals surface area (Å²) in [7, 11) is 1.65. The van der Waals surface area contributed by atoms with Crippen molar-refractivity contribution in [1.82, 2.24) is 20.2 Å². The van der Waals surface area contributed by atoms with E-state index in [1.54, 1.807) is 17.9 Å². The summed E-state index contributed by atoms with van der Waals surface area (Å²) in [6, 6.07) is 21.2. The van der Waals surface area contributed by atoms with E-state index in [1.165, 1.54) is 11.9 Å². The van der Waals surface area contributed by atoms with Crippen molar-refractivity contribution < 1.29 is 9.53 Å². The van der Waals surface area contributed by atoms with Gasteiger partial charge in [-0.3, -0.25) is 4.79 Å². The molecule has 4 aromatic rings. The van der Waals surface area contributed by atoms with Crippen LogP contribution in [0.5, 0.6) is 5.75 Å². The molecule has 0 radical (unpaired) electrons. The Labute approximate surface area is 174 Å². The lowest BCUT2D eigenvalue weighted by molar-refractivity contribution is 0.102. The molecule has 1 N–H and O–H groups in total. The molecule has 4 rings (SSSR count). The van der Waals surface area contributed by atoms with Gasteiger partial charge in [-0.15, -0.1) is 5.10 Å². The molecule has 1 amide bonds. The predicted octanol–water partition coefficient (Wildman–Crippen LogP) is 3.82. The summed E-state index contributed by atoms with van der Waals surface area (Å²) in [5.41, 5.74) is 5.18. The topological polar surface area (TPSA) is 81.9 Å². The van der Waals surface area contributed by atoms with Gasteiger partial charge in [0.25, 0.3) is 5.91 Å². The monoisotopic (exact) mass is 399 g/mol. The highest BCUT2D eigenvalue weighted by Crippen LogP contribution is 2.26. The van der Waals surface area contributed by atoms with Gasteiger partial charge in [0.1, 0.15) is 12.1 Å². The van der Waals surface area contributed by atoms with Crippen LogP contribution in [0.3, 0.4) is 0 Å². The molecule has 0 aliphatic rings. The second-order valence-corrected chi connectivity index (χ2v) is 6.90. The third-order valence-electron chi connectivity index (χ3n) is 4.83. The van der Waals surface area contributed by atoms with Crippen molar-refractivity contribution in [3.8, 4) is 11.4 Å². The van der Waals surface area contributed by atoms with Crippen molar-refractivity contribution in [2.45, 2.75) is 13.3 Å². The molecule has 0 saturated heterocycles. The molecule has 1 heterocycles. The number of anilines is 1. The van der Waals surface area contributed by atoms with Crippen molar-refractivity contribution in [3.63, 3.8) is 0 Å². The van der Waals surface area contributed by atoms with Crippen LogP contribution in [0.2, 0.25) is 0 Å². The Morgan fingerprint density at radius 2 is 1.90 bits per heavy atom. The van der Waals surface area contributed by atoms with E-state index in [0.29, 0.717) is 17.7 Å². The zero-order chi connectivity index (χ0) is 20.9. The molecule has 150 valence electrons. The number of hydrogen-bond donors (Lipinski definition) is 1. The number of carbonyl (C=O) groups is 1. The fourth-order valence-electron chi connectivity index (χ4n) is 3.34. The average Bonchev–Trinajstić information content (AvgIpc) is 3.29. The number of nitrogens with zero attached hydrogens (tertiary/aromatic N) is 4. The zero-order valence-corrected chi connectivity index (χ0v) is 16.7. The summed E-state index contributed by atoms with van der Waals surface area (Å²) in [4.78, 5) is 12.8. The van der Waals surface area contributed by atoms with Gasteiger partial charge in [0.15, 0.2) is 0 Å². The SMILES string of the molecule is COc1ccc(NC(=O)c2ccc(-n3cnnn3)c(C)c2)cc1Cc1ccccc1. The number of tetrazole rings is 1. The fraction of sp³-hybridized carbons (Fsp3) is 0.130. The molecule has 0 bridgehead atoms. The quantitative estimate of drug-likeness (QED) is 0.533. The molecule has 30 heavy (non-hydrogen) atoms. The first kappa shape index (κ1) is 19.3. The number of nitrogens with one attached hydrogen (secondary N) is 1. The number of carbonyl (C=O) groups excluding carboxylic acids is 1. The summed E-state index contributed by atoms with van der Waals surface area (Å²) in [5.74, 6) is 0.607. The van der Waals surface area contributed by atoms with Crippen LogP contribution in [0.1, 0.15) is 27.0 Å². The second kappa shape index (κ2) is 8.57. The van der Waals surface area contributed by atoms with Crippen LogP contribution < -0.4 is 10.1 Å². The third-order valence-corrected chi connectivity index (χ3v) is 4.83. The molecule has 0 saturated carbocycles. The van der Waals surface area contributed by atoms with Gasteiger partial charge in [-0.1, -0.05) is 30.3 Å². The summed E-state index contributed by atoms with van der Waals surface area (Å²) < 4.78 is 7.06. The van der Waals surface area contributed by atoms with E-state index in [1.807, 2.05) is 55.5 Å². The number of methoxy groups -OCH3 is 1. The van der Waals surface area contributed by atoms with E-state index in [9.17, 15) is 4.79 Å². The molecule has 3 aromatic carbocycles. The number of ether oxygens (including phenoxy) is 1. The number of benzene rings is 3. The molecular formula is C23H21N5O2. The maximum absolute atomic E-state index is 12.8. The minimum atomic E-state index is -0.183. The van der Waals surface area contributed by atoms with Crippen molar-refractivity contribution in [2.24, 2.45) is 0 Å². The Bertz CT molecular complexity index is 1160. The van der Waals surface area contributed by atoms with Crippen LogP contribution >= 0.6 is 0 Å². The van der Waals surface area contributed by atoms with Crippen LogP contribution in [-0.4, -0.2) is 33.2 Å². The van der Waals surface area contributed by atoms with Crippen LogP contribution in [0, 0.1) is 6.92 Å². The van der Waals surface area contributed by atoms with Gasteiger partial charge < -0.3 is 10.1 Å². The van der Waals surface area contributed by atoms with E-state index in [-0.39, 0.29) is 5.91 Å². The Balaban J connectivity index is 1.54. The van der Waals surface area contributed by atoms with Crippen LogP contribution in [0.25, 0.3) is 5.69 Å². The highest BCUT2D eigenvalue weighted by atomic mass is 16.5. The molecule has 0 unspecified atom stereocenters. The number of hydrogen-bond acceptors (Lipinski definition) is 5. The number of amides is 1. The molecular weight excluding hydrogens is 378 g/mol. The van der Waals surface area contributed by atoms with Gasteiger partial charge in [0, 0.05) is 23.2 Å². The summed E-state index contributed by atoms with van der Waals surface area (Å²) in [6.45, 7) is 1.92. The van der Waals surface area contributed by atoms with E-state index in [4.69, 9.17) is 4.74 Å². The Morgan fingerprint density at radius 3 is 2.60 bits per heavy atom. The highest BCUT2D eigenvalue weighted by molar-refractivity contribution is 6.04. The van der Waals surface area contributed by atoms with E-state index < -0.39 is 0 Å². The summed E-state index contributed by atoms with van der Waals surface area (Å²) in [5, 5.41) is 14.2. The summed E-state index contributed by atoms with van der Waals surface area (Å²) >= 11 is 0. The molecule has 0 aliphatic carbocycles. The Hall–Kier alpha value is -4.00. The van der Waals surface area contributed by atoms with Gasteiger partial charge in [0.2, 0.25) is 0 Å². The predicted molar refractivity (Wildman–Crippen MR) is 114 cm³/mol. The van der Waals surface area contributed by atoms with Gasteiger partial charge in [-0.05, 0) is 64.9 Å². The molecule has 0 atom stereocenters. The number of aryl methyl sites for hydroxylation is 1. The minimum Gasteiger partial charge on any atom is -0.496 e. The van der Waals surface area contributed by atoms with E-state index in [0.717, 1.165) is 22.6 Å². The molecule has 7 heteroatoms. The first-order valence-corrected chi connectivity index (χ1v) is 9.50. The van der Waals surface area contributed by atoms with E-state index in [2.05, 4.69) is 33.0 Å². The highest BCUT2D eigenvalue weighted by Gasteiger charge is 2.12. The van der Waals surface area contributed by atoms with Gasteiger partial charge in [-0.2, -0.15) is 0 Å². The van der Waals surface area contributed by atoms with E-state index >= 15 is 0 Å². The lowest BCUT2D eigenvalue weighted by atomic mass is 10.0. The smallest absolute Gasteiger partial charge is 0.255 e. The van der Waals surface area contributed by atoms with Gasteiger partial charge >= 0.3 is 0 Å². The van der Waals surface area contributed by atoms with Crippen molar-refractivity contribution in [1.29, 1.82) is 0 Å². The van der Waals surface area contributed by atoms with Crippen LogP contribution in [-0.2, 0) is 6.42 Å². The number of aromatic nitrogens is 4. The molecule has 1 aromatic heterocycles. The van der Waals surface area contributed by atoms with Gasteiger partial charge in [-0.25, -0.2) is 4.68 Å². The first-order chi connectivity index (χ1) is 14.6. The van der Waals surface area contributed by atoms with Crippen molar-refractivity contribution >= 4 is 11.6 Å². The first-order valence-electron chi connectivity index (χ1n) is 9.50. The largest absolute Gasteiger partial charge is 0.496 e. The molecule has 7 nitrogen and oxygen atoms in total. The summed E-state index contributed by atoms with van der Waals surface area (Å²) in [6.07, 6.45) is 2.24. The molecule has 0 aliphatic heterocycles. The third kappa shape index (κ3) is 4.20. The maximum atomic E-state index is 12.8. The molecule has 0 spiro atoms. The maximum Gasteiger partial charge on any atom is 0.255 e. The standard InChI is InChI=1S/C23H21N5O2/c1-16-12-18(8-10-21(16)28-15-24-26-27-28)23(29)25-20-9-11-22(30-2)19(14-20)13-17-6-4-3-5-7-17/h3-12,14-15H,13H2,1-2H3,(H,25,29). The minimum absolute atomic E-state index is 0.183. The van der Waals surface area contributed by atoms with Gasteiger partial charge in [0.05, 0.1) is 12.8 Å². The zero-order valence-electron chi connectivity index (χ0n) is 16.7. The Morgan fingerprint density at radius 1 is 1.07 bits per heavy atom. The Kier molecular flexibility index (Phi) is 5.52. The fourth-order valence-corrected chi connectivity index (χ4v) is 3.34.